The summed E-state index contributed by atoms with van der Waals surface area (Å²) in [6, 6.07) is 11.5. The molecule has 0 bridgehead atoms. The number of benzene rings is 2. The normalized spacial score (nSPS) is 16.4. The van der Waals surface area contributed by atoms with E-state index in [0.29, 0.717) is 5.52 Å². The lowest BCUT2D eigenvalue weighted by Gasteiger charge is -2.24. The van der Waals surface area contributed by atoms with Gasteiger partial charge in [-0.05, 0) is 49.2 Å². The quantitative estimate of drug-likeness (QED) is 0.421. The highest BCUT2D eigenvalue weighted by molar-refractivity contribution is 7.22. The number of furan rings is 1. The zero-order valence-electron chi connectivity index (χ0n) is 17.1. The number of rotatable bonds is 4. The third-order valence-electron chi connectivity index (χ3n) is 5.42. The fraction of sp³-hybridized carbons (Fsp3) is 0.125. The van der Waals surface area contributed by atoms with Crippen molar-refractivity contribution in [2.45, 2.75) is 19.9 Å². The third-order valence-corrected chi connectivity index (χ3v) is 6.42. The van der Waals surface area contributed by atoms with E-state index in [-0.39, 0.29) is 22.0 Å². The molecule has 0 saturated carbocycles. The Kier molecular flexibility index (Phi) is 4.67. The zero-order valence-corrected chi connectivity index (χ0v) is 17.9. The van der Waals surface area contributed by atoms with Gasteiger partial charge in [0.1, 0.15) is 11.9 Å². The number of halogens is 1. The third kappa shape index (κ3) is 3.03. The van der Waals surface area contributed by atoms with E-state index in [1.165, 1.54) is 52.8 Å². The molecule has 3 heterocycles. The van der Waals surface area contributed by atoms with Crippen molar-refractivity contribution in [1.29, 1.82) is 0 Å². The number of aliphatic hydroxyl groups excluding tert-OH is 1. The molecule has 0 unspecified atom stereocenters. The molecule has 2 aromatic heterocycles. The molecule has 0 spiro atoms. The highest BCUT2D eigenvalue weighted by Crippen LogP contribution is 2.45. The molecule has 160 valence electrons. The number of hydrogen-bond acceptors (Lipinski definition) is 6. The first-order chi connectivity index (χ1) is 15.4. The molecule has 1 atom stereocenters. The fourth-order valence-corrected chi connectivity index (χ4v) is 5.20. The van der Waals surface area contributed by atoms with Gasteiger partial charge < -0.3 is 9.52 Å². The predicted molar refractivity (Wildman–Crippen MR) is 118 cm³/mol. The van der Waals surface area contributed by atoms with E-state index in [2.05, 4.69) is 4.98 Å². The maximum absolute atomic E-state index is 14.9. The fourth-order valence-electron chi connectivity index (χ4n) is 4.03. The van der Waals surface area contributed by atoms with Crippen LogP contribution < -0.4 is 4.90 Å². The van der Waals surface area contributed by atoms with Crippen LogP contribution in [0.5, 0.6) is 0 Å². The molecule has 32 heavy (non-hydrogen) atoms. The van der Waals surface area contributed by atoms with Crippen molar-refractivity contribution >= 4 is 38.4 Å². The van der Waals surface area contributed by atoms with E-state index in [9.17, 15) is 19.1 Å². The molecular weight excluding hydrogens is 431 g/mol. The molecular formula is C24H17FN2O4S. The number of aryl methyl sites for hydroxylation is 2. The van der Waals surface area contributed by atoms with Crippen LogP contribution in [0.3, 0.4) is 0 Å². The maximum Gasteiger partial charge on any atom is 0.296 e. The molecule has 8 heteroatoms. The average Bonchev–Trinajstić information content (AvgIpc) is 3.47. The molecule has 1 aliphatic rings. The van der Waals surface area contributed by atoms with Gasteiger partial charge in [-0.3, -0.25) is 14.5 Å². The molecule has 5 rings (SSSR count). The molecule has 1 aliphatic heterocycles. The lowest BCUT2D eigenvalue weighted by Crippen LogP contribution is -2.31. The largest absolute Gasteiger partial charge is 0.503 e. The van der Waals surface area contributed by atoms with Gasteiger partial charge in [-0.15, -0.1) is 0 Å². The van der Waals surface area contributed by atoms with Crippen molar-refractivity contribution < 1.29 is 23.5 Å². The Morgan fingerprint density at radius 3 is 2.69 bits per heavy atom. The first-order valence-corrected chi connectivity index (χ1v) is 10.7. The number of carbonyl (C=O) groups is 2. The van der Waals surface area contributed by atoms with Crippen LogP contribution in [0.15, 0.2) is 70.5 Å². The van der Waals surface area contributed by atoms with Gasteiger partial charge in [-0.1, -0.05) is 35.6 Å². The second kappa shape index (κ2) is 7.42. The van der Waals surface area contributed by atoms with Crippen LogP contribution in [0.1, 0.15) is 33.3 Å². The summed E-state index contributed by atoms with van der Waals surface area (Å²) in [4.78, 5) is 32.2. The van der Waals surface area contributed by atoms with Crippen LogP contribution in [-0.4, -0.2) is 21.8 Å². The van der Waals surface area contributed by atoms with Gasteiger partial charge in [0.05, 0.1) is 22.1 Å². The Balaban J connectivity index is 1.72. The Hall–Kier alpha value is -3.78. The summed E-state index contributed by atoms with van der Waals surface area (Å²) in [5.74, 6) is -2.92. The number of fused-ring (bicyclic) bond motifs is 1. The molecule has 1 N–H and O–H groups in total. The van der Waals surface area contributed by atoms with Gasteiger partial charge in [0, 0.05) is 5.56 Å². The number of ketones is 1. The highest BCUT2D eigenvalue weighted by Gasteiger charge is 2.47. The number of carbonyl (C=O) groups excluding carboxylic acids is 2. The summed E-state index contributed by atoms with van der Waals surface area (Å²) >= 11 is 1.24. The van der Waals surface area contributed by atoms with Crippen LogP contribution in [0, 0.1) is 19.7 Å². The Morgan fingerprint density at radius 2 is 1.97 bits per heavy atom. The van der Waals surface area contributed by atoms with Crippen molar-refractivity contribution in [3.8, 4) is 0 Å². The number of aliphatic hydroxyl groups is 1. The summed E-state index contributed by atoms with van der Waals surface area (Å²) in [6.45, 7) is 3.88. The minimum atomic E-state index is -1.19. The van der Waals surface area contributed by atoms with Crippen molar-refractivity contribution in [3.05, 3.63) is 94.4 Å². The molecule has 2 aromatic carbocycles. The number of Topliss-reactive ketones (excluding diaryl/α,β-unsaturated/α-hetero) is 1. The maximum atomic E-state index is 14.9. The summed E-state index contributed by atoms with van der Waals surface area (Å²) in [7, 11) is 0. The van der Waals surface area contributed by atoms with E-state index in [0.717, 1.165) is 15.8 Å². The molecule has 1 amide bonds. The predicted octanol–water partition coefficient (Wildman–Crippen LogP) is 5.43. The van der Waals surface area contributed by atoms with E-state index in [1.807, 2.05) is 26.0 Å². The van der Waals surface area contributed by atoms with Crippen LogP contribution >= 0.6 is 11.3 Å². The van der Waals surface area contributed by atoms with Crippen LogP contribution in [-0.2, 0) is 4.79 Å². The SMILES string of the molecule is Cc1cc(C)c2nc(N3C(=O)C(O)=C(C(=O)c4ccco4)[C@@H]3c3ccccc3F)sc2c1. The molecule has 0 saturated heterocycles. The molecule has 6 nitrogen and oxygen atoms in total. The minimum absolute atomic E-state index is 0.0571. The number of amides is 1. The zero-order chi connectivity index (χ0) is 22.6. The van der Waals surface area contributed by atoms with Gasteiger partial charge >= 0.3 is 0 Å². The Labute approximate surface area is 186 Å². The molecule has 4 aromatic rings. The van der Waals surface area contributed by atoms with Gasteiger partial charge in [0.25, 0.3) is 5.91 Å². The first kappa shape index (κ1) is 20.1. The Bertz CT molecular complexity index is 1420. The van der Waals surface area contributed by atoms with E-state index in [4.69, 9.17) is 4.42 Å². The second-order valence-electron chi connectivity index (χ2n) is 7.59. The minimum Gasteiger partial charge on any atom is -0.503 e. The monoisotopic (exact) mass is 448 g/mol. The van der Waals surface area contributed by atoms with Crippen molar-refractivity contribution in [2.24, 2.45) is 0 Å². The van der Waals surface area contributed by atoms with Gasteiger partial charge in [0.15, 0.2) is 16.7 Å². The van der Waals surface area contributed by atoms with E-state index >= 15 is 0 Å². The average molecular weight is 448 g/mol. The summed E-state index contributed by atoms with van der Waals surface area (Å²) in [5.41, 5.74) is 2.51. The highest BCUT2D eigenvalue weighted by atomic mass is 32.1. The number of anilines is 1. The van der Waals surface area contributed by atoms with Crippen molar-refractivity contribution in [3.63, 3.8) is 0 Å². The second-order valence-corrected chi connectivity index (χ2v) is 8.60. The smallest absolute Gasteiger partial charge is 0.296 e. The molecule has 0 aliphatic carbocycles. The summed E-state index contributed by atoms with van der Waals surface area (Å²) < 4.78 is 20.9. The first-order valence-electron chi connectivity index (χ1n) is 9.84. The van der Waals surface area contributed by atoms with Crippen LogP contribution in [0.25, 0.3) is 10.2 Å². The topological polar surface area (TPSA) is 83.6 Å². The van der Waals surface area contributed by atoms with Crippen LogP contribution in [0.2, 0.25) is 0 Å². The van der Waals surface area contributed by atoms with E-state index in [1.54, 1.807) is 6.07 Å². The molecule has 0 fully saturated rings. The van der Waals surface area contributed by atoms with Gasteiger partial charge in [-0.25, -0.2) is 9.37 Å². The van der Waals surface area contributed by atoms with Gasteiger partial charge in [0.2, 0.25) is 5.78 Å². The lowest BCUT2D eigenvalue weighted by atomic mass is 9.95. The number of aromatic nitrogens is 1. The van der Waals surface area contributed by atoms with Crippen LogP contribution in [0.4, 0.5) is 9.52 Å². The Morgan fingerprint density at radius 1 is 1.19 bits per heavy atom. The van der Waals surface area contributed by atoms with Gasteiger partial charge in [-0.2, -0.15) is 0 Å². The summed E-state index contributed by atoms with van der Waals surface area (Å²) in [6.07, 6.45) is 1.32. The number of hydrogen-bond donors (Lipinski definition) is 1. The number of thiazole rings is 1. The van der Waals surface area contributed by atoms with E-state index < -0.39 is 29.3 Å². The van der Waals surface area contributed by atoms with Crippen molar-refractivity contribution in [2.75, 3.05) is 4.90 Å². The standard InChI is InChI=1S/C24H17FN2O4S/c1-12-10-13(2)19-17(11-12)32-24(26-19)27-20(14-6-3-4-7-15(14)25)18(22(29)23(27)30)21(28)16-8-5-9-31-16/h3-11,20,29H,1-2H3/t20-/m0/s1. The summed E-state index contributed by atoms with van der Waals surface area (Å²) in [5, 5.41) is 11.0. The van der Waals surface area contributed by atoms with Crippen molar-refractivity contribution in [1.82, 2.24) is 4.98 Å². The molecule has 0 radical (unpaired) electrons. The lowest BCUT2D eigenvalue weighted by molar-refractivity contribution is -0.117. The number of nitrogens with zero attached hydrogens (tertiary/aromatic N) is 2.